The predicted molar refractivity (Wildman–Crippen MR) is 75.6 cm³/mol. The molecule has 9 heteroatoms. The van der Waals surface area contributed by atoms with Crippen LogP contribution < -0.4 is 5.32 Å². The lowest BCUT2D eigenvalue weighted by Crippen LogP contribution is -2.14. The highest BCUT2D eigenvalue weighted by Gasteiger charge is 2.18. The average molecular weight is 311 g/mol. The largest absolute Gasteiger partial charge is 0.506 e. The Labute approximate surface area is 124 Å². The van der Waals surface area contributed by atoms with Gasteiger partial charge in [-0.2, -0.15) is 5.10 Å². The van der Waals surface area contributed by atoms with E-state index in [1.807, 2.05) is 6.92 Å². The maximum absolute atomic E-state index is 12.0. The molecule has 0 unspecified atom stereocenters. The number of anilines is 1. The molecule has 0 radical (unpaired) electrons. The summed E-state index contributed by atoms with van der Waals surface area (Å²) in [7, 11) is 0. The number of hydrogen-bond donors (Lipinski definition) is 2. The van der Waals surface area contributed by atoms with Gasteiger partial charge in [0.15, 0.2) is 5.69 Å². The highest BCUT2D eigenvalue weighted by Crippen LogP contribution is 2.28. The number of phenols is 1. The van der Waals surface area contributed by atoms with Crippen molar-refractivity contribution in [2.45, 2.75) is 13.5 Å². The minimum Gasteiger partial charge on any atom is -0.506 e. The van der Waals surface area contributed by atoms with E-state index in [4.69, 9.17) is 11.6 Å². The Morgan fingerprint density at radius 1 is 1.57 bits per heavy atom. The Morgan fingerprint density at radius 3 is 2.86 bits per heavy atom. The molecule has 0 spiro atoms. The Hall–Kier alpha value is -2.61. The van der Waals surface area contributed by atoms with Crippen molar-refractivity contribution < 1.29 is 14.8 Å². The number of nitro benzene ring substituents is 1. The van der Waals surface area contributed by atoms with E-state index in [0.717, 1.165) is 18.2 Å². The van der Waals surface area contributed by atoms with Gasteiger partial charge in [-0.25, -0.2) is 0 Å². The van der Waals surface area contributed by atoms with Crippen LogP contribution in [0.2, 0.25) is 5.02 Å². The molecular weight excluding hydrogens is 300 g/mol. The zero-order valence-corrected chi connectivity index (χ0v) is 11.7. The summed E-state index contributed by atoms with van der Waals surface area (Å²) < 4.78 is 1.48. The first kappa shape index (κ1) is 14.8. The molecule has 2 N–H and O–H groups in total. The number of nitrogens with zero attached hydrogens (tertiary/aromatic N) is 3. The van der Waals surface area contributed by atoms with Crippen molar-refractivity contribution in [3.63, 3.8) is 0 Å². The first-order valence-corrected chi connectivity index (χ1v) is 6.32. The van der Waals surface area contributed by atoms with Crippen molar-refractivity contribution in [3.05, 3.63) is 45.2 Å². The van der Waals surface area contributed by atoms with Crippen LogP contribution in [0.4, 0.5) is 11.4 Å². The number of carbonyl (C=O) groups is 1. The van der Waals surface area contributed by atoms with Crippen LogP contribution in [0.3, 0.4) is 0 Å². The van der Waals surface area contributed by atoms with Crippen molar-refractivity contribution in [3.8, 4) is 5.75 Å². The van der Waals surface area contributed by atoms with Gasteiger partial charge in [0.25, 0.3) is 11.6 Å². The number of benzene rings is 1. The van der Waals surface area contributed by atoms with Gasteiger partial charge in [0.2, 0.25) is 0 Å². The van der Waals surface area contributed by atoms with Crippen LogP contribution in [0, 0.1) is 10.1 Å². The van der Waals surface area contributed by atoms with Crippen molar-refractivity contribution in [2.75, 3.05) is 5.32 Å². The van der Waals surface area contributed by atoms with Gasteiger partial charge >= 0.3 is 0 Å². The van der Waals surface area contributed by atoms with Gasteiger partial charge in [-0.05, 0) is 13.0 Å². The van der Waals surface area contributed by atoms with E-state index in [2.05, 4.69) is 10.4 Å². The summed E-state index contributed by atoms with van der Waals surface area (Å²) in [6.07, 6.45) is 1.49. The predicted octanol–water partition coefficient (Wildman–Crippen LogP) is 2.42. The van der Waals surface area contributed by atoms with Gasteiger partial charge in [-0.1, -0.05) is 11.6 Å². The Bertz CT molecular complexity index is 713. The van der Waals surface area contributed by atoms with E-state index in [0.29, 0.717) is 6.54 Å². The summed E-state index contributed by atoms with van der Waals surface area (Å²) in [5.41, 5.74) is -0.367. The molecule has 1 aromatic carbocycles. The normalized spacial score (nSPS) is 10.4. The highest BCUT2D eigenvalue weighted by molar-refractivity contribution is 6.34. The lowest BCUT2D eigenvalue weighted by atomic mass is 10.2. The minimum absolute atomic E-state index is 0.0237. The SMILES string of the molecule is CCn1cc(Cl)c(C(=O)Nc2cc([N+](=O)[O-])ccc2O)n1. The molecule has 1 heterocycles. The second-order valence-electron chi connectivity index (χ2n) is 4.09. The molecule has 0 atom stereocenters. The van der Waals surface area contributed by atoms with Gasteiger partial charge in [0.05, 0.1) is 15.6 Å². The first-order valence-electron chi connectivity index (χ1n) is 5.94. The van der Waals surface area contributed by atoms with E-state index in [-0.39, 0.29) is 27.8 Å². The van der Waals surface area contributed by atoms with Crippen LogP contribution in [0.1, 0.15) is 17.4 Å². The molecule has 0 fully saturated rings. The third-order valence-electron chi connectivity index (χ3n) is 2.70. The summed E-state index contributed by atoms with van der Waals surface area (Å²) in [6, 6.07) is 3.31. The van der Waals surface area contributed by atoms with E-state index in [1.165, 1.54) is 10.9 Å². The highest BCUT2D eigenvalue weighted by atomic mass is 35.5. The summed E-state index contributed by atoms with van der Waals surface area (Å²) in [5.74, 6) is -0.956. The topological polar surface area (TPSA) is 110 Å². The fraction of sp³-hybridized carbons (Fsp3) is 0.167. The molecule has 0 aliphatic carbocycles. The summed E-state index contributed by atoms with van der Waals surface area (Å²) in [5, 5.41) is 26.8. The van der Waals surface area contributed by atoms with E-state index in [9.17, 15) is 20.0 Å². The fourth-order valence-corrected chi connectivity index (χ4v) is 1.87. The molecule has 1 amide bonds. The number of nitrogens with one attached hydrogen (secondary N) is 1. The van der Waals surface area contributed by atoms with Gasteiger partial charge < -0.3 is 10.4 Å². The molecule has 0 aliphatic heterocycles. The van der Waals surface area contributed by atoms with Gasteiger partial charge in [-0.3, -0.25) is 19.6 Å². The van der Waals surface area contributed by atoms with Crippen molar-refractivity contribution in [2.24, 2.45) is 0 Å². The van der Waals surface area contributed by atoms with E-state index in [1.54, 1.807) is 0 Å². The van der Waals surface area contributed by atoms with Crippen LogP contribution >= 0.6 is 11.6 Å². The van der Waals surface area contributed by atoms with Crippen LogP contribution in [-0.2, 0) is 6.54 Å². The Morgan fingerprint density at radius 2 is 2.29 bits per heavy atom. The van der Waals surface area contributed by atoms with Gasteiger partial charge in [0.1, 0.15) is 5.75 Å². The van der Waals surface area contributed by atoms with Crippen LogP contribution in [0.25, 0.3) is 0 Å². The molecule has 8 nitrogen and oxygen atoms in total. The Kier molecular flexibility index (Phi) is 4.08. The number of aromatic hydroxyl groups is 1. The smallest absolute Gasteiger partial charge is 0.277 e. The number of carbonyl (C=O) groups excluding carboxylic acids is 1. The molecule has 21 heavy (non-hydrogen) atoms. The fourth-order valence-electron chi connectivity index (χ4n) is 1.63. The Balaban J connectivity index is 2.28. The first-order chi connectivity index (χ1) is 9.92. The average Bonchev–Trinajstić information content (AvgIpc) is 2.82. The number of rotatable bonds is 4. The number of nitro groups is 1. The number of amides is 1. The van der Waals surface area contributed by atoms with Crippen LogP contribution in [-0.4, -0.2) is 25.7 Å². The molecule has 0 aliphatic rings. The number of phenolic OH excluding ortho intramolecular Hbond substituents is 1. The standard InChI is InChI=1S/C12H11ClN4O4/c1-2-16-6-8(13)11(15-16)12(19)14-9-5-7(17(20)21)3-4-10(9)18/h3-6,18H,2H2,1H3,(H,14,19). The maximum Gasteiger partial charge on any atom is 0.277 e. The number of aryl methyl sites for hydroxylation is 1. The van der Waals surface area contributed by atoms with Crippen LogP contribution in [0.15, 0.2) is 24.4 Å². The van der Waals surface area contributed by atoms with Crippen molar-refractivity contribution in [1.82, 2.24) is 9.78 Å². The molecule has 2 aromatic rings. The number of halogens is 1. The molecule has 0 saturated heterocycles. The monoisotopic (exact) mass is 310 g/mol. The zero-order chi connectivity index (χ0) is 15.6. The van der Waals surface area contributed by atoms with E-state index < -0.39 is 10.8 Å². The molecular formula is C12H11ClN4O4. The third kappa shape index (κ3) is 3.11. The lowest BCUT2D eigenvalue weighted by Gasteiger charge is -2.05. The zero-order valence-electron chi connectivity index (χ0n) is 10.9. The summed E-state index contributed by atoms with van der Waals surface area (Å²) in [4.78, 5) is 22.1. The molecule has 1 aromatic heterocycles. The summed E-state index contributed by atoms with van der Waals surface area (Å²) >= 11 is 5.89. The third-order valence-corrected chi connectivity index (χ3v) is 2.97. The van der Waals surface area contributed by atoms with Gasteiger partial charge in [-0.15, -0.1) is 0 Å². The van der Waals surface area contributed by atoms with E-state index >= 15 is 0 Å². The number of non-ortho nitro benzene ring substituents is 1. The van der Waals surface area contributed by atoms with Crippen LogP contribution in [0.5, 0.6) is 5.75 Å². The second kappa shape index (κ2) is 5.80. The molecule has 2 rings (SSSR count). The maximum atomic E-state index is 12.0. The second-order valence-corrected chi connectivity index (χ2v) is 4.50. The van der Waals surface area contributed by atoms with Gasteiger partial charge in [0, 0.05) is 24.9 Å². The number of hydrogen-bond acceptors (Lipinski definition) is 5. The minimum atomic E-state index is -0.664. The quantitative estimate of drug-likeness (QED) is 0.512. The summed E-state index contributed by atoms with van der Waals surface area (Å²) in [6.45, 7) is 2.37. The molecule has 110 valence electrons. The lowest BCUT2D eigenvalue weighted by molar-refractivity contribution is -0.384. The number of aromatic nitrogens is 2. The van der Waals surface area contributed by atoms with Crippen molar-refractivity contribution >= 4 is 28.9 Å². The molecule has 0 bridgehead atoms. The molecule has 0 saturated carbocycles. The van der Waals surface area contributed by atoms with Crippen molar-refractivity contribution in [1.29, 1.82) is 0 Å².